The van der Waals surface area contributed by atoms with Crippen LogP contribution >= 0.6 is 0 Å². The summed E-state index contributed by atoms with van der Waals surface area (Å²) in [5.74, 6) is -3.04. The fraction of sp³-hybridized carbons (Fsp3) is 0.143. The molecule has 3 nitrogen and oxygen atoms in total. The minimum absolute atomic E-state index is 0.0769. The molecular formula is C14H7F8NO2S. The zero-order valence-corrected chi connectivity index (χ0v) is 13.0. The van der Waals surface area contributed by atoms with E-state index in [0.29, 0.717) is 0 Å². The van der Waals surface area contributed by atoms with Crippen LogP contribution in [0.4, 0.5) is 40.8 Å². The molecule has 12 heteroatoms. The standard InChI is InChI=1S/C14H7F8NO2S/c15-9-5-12(10(16)4-11(9)23)26(24,25)8-2-6(13(17,18)19)1-7(3-8)14(20,21)22/h1-5H,23H2. The summed E-state index contributed by atoms with van der Waals surface area (Å²) in [7, 11) is -5.25. The molecule has 0 radical (unpaired) electrons. The number of nitrogens with two attached hydrogens (primary N) is 1. The highest BCUT2D eigenvalue weighted by Gasteiger charge is 2.39. The number of rotatable bonds is 2. The Labute approximate surface area is 141 Å². The van der Waals surface area contributed by atoms with Gasteiger partial charge < -0.3 is 5.73 Å². The summed E-state index contributed by atoms with van der Waals surface area (Å²) in [4.78, 5) is -2.95. The van der Waals surface area contributed by atoms with Crippen molar-refractivity contribution < 1.29 is 43.5 Å². The second kappa shape index (κ2) is 6.11. The average Bonchev–Trinajstić information content (AvgIpc) is 2.48. The zero-order chi connectivity index (χ0) is 20.1. The molecule has 2 aromatic carbocycles. The Morgan fingerprint density at radius 2 is 1.19 bits per heavy atom. The summed E-state index contributed by atoms with van der Waals surface area (Å²) >= 11 is 0. The van der Waals surface area contributed by atoms with E-state index in [9.17, 15) is 43.5 Å². The molecule has 0 saturated heterocycles. The van der Waals surface area contributed by atoms with Crippen molar-refractivity contribution in [2.24, 2.45) is 0 Å². The summed E-state index contributed by atoms with van der Waals surface area (Å²) in [5, 5.41) is 0. The lowest BCUT2D eigenvalue weighted by atomic mass is 10.1. The Balaban J connectivity index is 2.80. The van der Waals surface area contributed by atoms with Gasteiger partial charge in [-0.3, -0.25) is 0 Å². The third-order valence-electron chi connectivity index (χ3n) is 3.21. The van der Waals surface area contributed by atoms with Crippen LogP contribution in [0.3, 0.4) is 0 Å². The van der Waals surface area contributed by atoms with Gasteiger partial charge in [0.1, 0.15) is 16.5 Å². The highest BCUT2D eigenvalue weighted by Crippen LogP contribution is 2.38. The van der Waals surface area contributed by atoms with Gasteiger partial charge in [0.05, 0.1) is 21.7 Å². The molecular weight excluding hydrogens is 398 g/mol. The van der Waals surface area contributed by atoms with E-state index < -0.39 is 60.4 Å². The van der Waals surface area contributed by atoms with Crippen LogP contribution in [0.1, 0.15) is 11.1 Å². The predicted molar refractivity (Wildman–Crippen MR) is 72.7 cm³/mol. The molecule has 0 unspecified atom stereocenters. The molecule has 0 spiro atoms. The molecule has 2 rings (SSSR count). The molecule has 0 aliphatic carbocycles. The van der Waals surface area contributed by atoms with Gasteiger partial charge in [-0.25, -0.2) is 17.2 Å². The topological polar surface area (TPSA) is 60.2 Å². The Morgan fingerprint density at radius 3 is 1.62 bits per heavy atom. The van der Waals surface area contributed by atoms with Crippen LogP contribution in [0.5, 0.6) is 0 Å². The normalized spacial score (nSPS) is 13.1. The highest BCUT2D eigenvalue weighted by molar-refractivity contribution is 7.91. The molecule has 2 aromatic rings. The summed E-state index contributed by atoms with van der Waals surface area (Å²) < 4.78 is 129. The van der Waals surface area contributed by atoms with E-state index in [1.54, 1.807) is 0 Å². The number of sulfone groups is 1. The first-order chi connectivity index (χ1) is 11.6. The van der Waals surface area contributed by atoms with Crippen molar-refractivity contribution in [1.82, 2.24) is 0 Å². The molecule has 2 N–H and O–H groups in total. The molecule has 0 fully saturated rings. The van der Waals surface area contributed by atoms with Crippen LogP contribution in [0.25, 0.3) is 0 Å². The Hall–Kier alpha value is -2.37. The smallest absolute Gasteiger partial charge is 0.396 e. The molecule has 0 amide bonds. The summed E-state index contributed by atoms with van der Waals surface area (Å²) in [6.45, 7) is 0. The fourth-order valence-electron chi connectivity index (χ4n) is 1.96. The van der Waals surface area contributed by atoms with Crippen molar-refractivity contribution in [3.05, 3.63) is 53.1 Å². The lowest BCUT2D eigenvalue weighted by molar-refractivity contribution is -0.143. The van der Waals surface area contributed by atoms with E-state index in [-0.39, 0.29) is 30.3 Å². The molecule has 26 heavy (non-hydrogen) atoms. The molecule has 0 aromatic heterocycles. The quantitative estimate of drug-likeness (QED) is 0.595. The Morgan fingerprint density at radius 1 is 0.731 bits per heavy atom. The van der Waals surface area contributed by atoms with Gasteiger partial charge in [-0.15, -0.1) is 0 Å². The lowest BCUT2D eigenvalue weighted by Crippen LogP contribution is -2.14. The Bertz CT molecular complexity index is 932. The third kappa shape index (κ3) is 3.74. The number of hydrogen-bond donors (Lipinski definition) is 1. The summed E-state index contributed by atoms with van der Waals surface area (Å²) in [6.07, 6.45) is -10.6. The second-order valence-electron chi connectivity index (χ2n) is 5.05. The van der Waals surface area contributed by atoms with Gasteiger partial charge in [-0.1, -0.05) is 0 Å². The predicted octanol–water partition coefficient (Wildman–Crippen LogP) is 4.42. The number of nitrogen functional groups attached to an aromatic ring is 1. The van der Waals surface area contributed by atoms with Crippen LogP contribution in [0.15, 0.2) is 40.1 Å². The van der Waals surface area contributed by atoms with Gasteiger partial charge in [0.15, 0.2) is 0 Å². The zero-order valence-electron chi connectivity index (χ0n) is 12.2. The highest BCUT2D eigenvalue weighted by atomic mass is 32.2. The first-order valence-electron chi connectivity index (χ1n) is 6.43. The van der Waals surface area contributed by atoms with Crippen LogP contribution in [0.2, 0.25) is 0 Å². The van der Waals surface area contributed by atoms with E-state index in [1.165, 1.54) is 0 Å². The van der Waals surface area contributed by atoms with Crippen molar-refractivity contribution in [2.45, 2.75) is 22.1 Å². The van der Waals surface area contributed by atoms with Gasteiger partial charge in [0.25, 0.3) is 0 Å². The maximum atomic E-state index is 13.8. The van der Waals surface area contributed by atoms with Crippen LogP contribution < -0.4 is 5.73 Å². The Kier molecular flexibility index (Phi) is 4.69. The summed E-state index contributed by atoms with van der Waals surface area (Å²) in [6, 6.07) is -0.163. The minimum atomic E-state index is -5.31. The molecule has 0 bridgehead atoms. The van der Waals surface area contributed by atoms with Crippen molar-refractivity contribution in [1.29, 1.82) is 0 Å². The van der Waals surface area contributed by atoms with Crippen molar-refractivity contribution in [3.63, 3.8) is 0 Å². The lowest BCUT2D eigenvalue weighted by Gasteiger charge is -2.15. The molecule has 0 aliphatic heterocycles. The average molecular weight is 405 g/mol. The number of halogens is 8. The van der Waals surface area contributed by atoms with E-state index in [0.717, 1.165) is 0 Å². The minimum Gasteiger partial charge on any atom is -0.396 e. The van der Waals surface area contributed by atoms with Crippen LogP contribution in [0, 0.1) is 11.6 Å². The SMILES string of the molecule is Nc1cc(F)c(S(=O)(=O)c2cc(C(F)(F)F)cc(C(F)(F)F)c2)cc1F. The maximum Gasteiger partial charge on any atom is 0.416 e. The third-order valence-corrected chi connectivity index (χ3v) is 4.96. The van der Waals surface area contributed by atoms with E-state index in [1.807, 2.05) is 0 Å². The van der Waals surface area contributed by atoms with E-state index in [4.69, 9.17) is 5.73 Å². The molecule has 0 aliphatic rings. The van der Waals surface area contributed by atoms with Gasteiger partial charge in [-0.05, 0) is 24.3 Å². The molecule has 142 valence electrons. The van der Waals surface area contributed by atoms with Crippen molar-refractivity contribution in [3.8, 4) is 0 Å². The number of alkyl halides is 6. The molecule has 0 heterocycles. The van der Waals surface area contributed by atoms with E-state index >= 15 is 0 Å². The first kappa shape index (κ1) is 19.9. The van der Waals surface area contributed by atoms with Crippen molar-refractivity contribution >= 4 is 15.5 Å². The van der Waals surface area contributed by atoms with Gasteiger partial charge in [-0.2, -0.15) is 26.3 Å². The first-order valence-corrected chi connectivity index (χ1v) is 7.91. The largest absolute Gasteiger partial charge is 0.416 e. The molecule has 0 atom stereocenters. The number of hydrogen-bond acceptors (Lipinski definition) is 3. The number of benzene rings is 2. The maximum absolute atomic E-state index is 13.8. The van der Waals surface area contributed by atoms with Gasteiger partial charge >= 0.3 is 12.4 Å². The monoisotopic (exact) mass is 405 g/mol. The van der Waals surface area contributed by atoms with Crippen LogP contribution in [-0.2, 0) is 22.2 Å². The molecule has 0 saturated carbocycles. The van der Waals surface area contributed by atoms with Crippen LogP contribution in [-0.4, -0.2) is 8.42 Å². The second-order valence-corrected chi connectivity index (χ2v) is 6.97. The van der Waals surface area contributed by atoms with Crippen molar-refractivity contribution in [2.75, 3.05) is 5.73 Å². The fourth-order valence-corrected chi connectivity index (χ4v) is 3.35. The number of anilines is 1. The van der Waals surface area contributed by atoms with Gasteiger partial charge in [0, 0.05) is 6.07 Å². The van der Waals surface area contributed by atoms with E-state index in [2.05, 4.69) is 0 Å². The van der Waals surface area contributed by atoms with Gasteiger partial charge in [0.2, 0.25) is 9.84 Å². The summed E-state index contributed by atoms with van der Waals surface area (Å²) in [5.41, 5.74) is 0.407.